The van der Waals surface area contributed by atoms with Crippen LogP contribution >= 0.6 is 0 Å². The lowest BCUT2D eigenvalue weighted by atomic mass is 10.1. The van der Waals surface area contributed by atoms with Gasteiger partial charge in [0, 0.05) is 24.1 Å². The molecule has 116 valence electrons. The summed E-state index contributed by atoms with van der Waals surface area (Å²) in [6.45, 7) is 2.82. The van der Waals surface area contributed by atoms with Gasteiger partial charge in [-0.15, -0.1) is 10.2 Å². The molecule has 0 spiro atoms. The predicted octanol–water partition coefficient (Wildman–Crippen LogP) is 2.87. The van der Waals surface area contributed by atoms with E-state index in [0.717, 1.165) is 29.3 Å². The van der Waals surface area contributed by atoms with Crippen LogP contribution < -0.4 is 5.32 Å². The Kier molecular flexibility index (Phi) is 2.97. The second-order valence-electron chi connectivity index (χ2n) is 5.75. The fourth-order valence-corrected chi connectivity index (χ4v) is 2.86. The summed E-state index contributed by atoms with van der Waals surface area (Å²) < 4.78 is 1.96. The lowest BCUT2D eigenvalue weighted by Crippen LogP contribution is -2.09. The van der Waals surface area contributed by atoms with Gasteiger partial charge in [0.25, 0.3) is 0 Å². The van der Waals surface area contributed by atoms with Crippen LogP contribution in [0.2, 0.25) is 0 Å². The van der Waals surface area contributed by atoms with Crippen molar-refractivity contribution in [3.8, 4) is 28.6 Å². The normalized spacial score (nSPS) is 16.1. The van der Waals surface area contributed by atoms with Crippen LogP contribution in [-0.4, -0.2) is 31.5 Å². The molecular formula is C17H16N4O2. The van der Waals surface area contributed by atoms with Crippen LogP contribution in [0.15, 0.2) is 42.5 Å². The number of anilines is 1. The Morgan fingerprint density at radius 2 is 1.78 bits per heavy atom. The highest BCUT2D eigenvalue weighted by molar-refractivity contribution is 5.69. The Morgan fingerprint density at radius 3 is 2.57 bits per heavy atom. The molecular weight excluding hydrogens is 292 g/mol. The van der Waals surface area contributed by atoms with Gasteiger partial charge in [-0.2, -0.15) is 0 Å². The number of benzene rings is 2. The van der Waals surface area contributed by atoms with E-state index in [1.807, 2.05) is 10.6 Å². The van der Waals surface area contributed by atoms with Crippen molar-refractivity contribution in [3.05, 3.63) is 48.3 Å². The molecule has 1 aliphatic heterocycles. The Bertz CT molecular complexity index is 871. The number of hydrogen-bond donors (Lipinski definition) is 3. The number of nitrogens with one attached hydrogen (secondary N) is 1. The fourth-order valence-electron chi connectivity index (χ4n) is 2.86. The molecule has 1 unspecified atom stereocenters. The van der Waals surface area contributed by atoms with E-state index in [-0.39, 0.29) is 17.4 Å². The molecule has 0 fully saturated rings. The molecule has 1 aromatic heterocycles. The van der Waals surface area contributed by atoms with E-state index in [1.165, 1.54) is 0 Å². The first-order chi connectivity index (χ1) is 11.1. The third-order valence-corrected chi connectivity index (χ3v) is 4.08. The smallest absolute Gasteiger partial charge is 0.168 e. The molecule has 0 saturated heterocycles. The quantitative estimate of drug-likeness (QED) is 0.602. The number of nitrogens with zero attached hydrogens (tertiary/aromatic N) is 3. The Morgan fingerprint density at radius 1 is 1.04 bits per heavy atom. The molecule has 23 heavy (non-hydrogen) atoms. The largest absolute Gasteiger partial charge is 0.508 e. The minimum absolute atomic E-state index is 0.169. The zero-order chi connectivity index (χ0) is 16.0. The third-order valence-electron chi connectivity index (χ3n) is 4.08. The molecule has 0 aliphatic carbocycles. The first-order valence-corrected chi connectivity index (χ1v) is 7.45. The fraction of sp³-hybridized carbons (Fsp3) is 0.176. The molecule has 1 atom stereocenters. The number of fused-ring (bicyclic) bond motifs is 3. The van der Waals surface area contributed by atoms with E-state index in [4.69, 9.17) is 0 Å². The van der Waals surface area contributed by atoms with Gasteiger partial charge in [0.2, 0.25) is 0 Å². The van der Waals surface area contributed by atoms with Gasteiger partial charge < -0.3 is 15.5 Å². The molecule has 6 heteroatoms. The first kappa shape index (κ1) is 13.6. The summed E-state index contributed by atoms with van der Waals surface area (Å²) in [5.74, 6) is 2.09. The molecule has 4 rings (SSSR count). The van der Waals surface area contributed by atoms with Crippen LogP contribution in [0.3, 0.4) is 0 Å². The van der Waals surface area contributed by atoms with Crippen LogP contribution in [0.4, 0.5) is 5.69 Å². The van der Waals surface area contributed by atoms with Crippen molar-refractivity contribution in [1.29, 1.82) is 0 Å². The lowest BCUT2D eigenvalue weighted by molar-refractivity contribution is 0.475. The summed E-state index contributed by atoms with van der Waals surface area (Å²) in [5.41, 5.74) is 2.59. The van der Waals surface area contributed by atoms with Crippen molar-refractivity contribution in [2.24, 2.45) is 0 Å². The summed E-state index contributed by atoms with van der Waals surface area (Å²) in [4.78, 5) is 0. The minimum atomic E-state index is 0.169. The van der Waals surface area contributed by atoms with E-state index >= 15 is 0 Å². The summed E-state index contributed by atoms with van der Waals surface area (Å²) in [7, 11) is 0. The van der Waals surface area contributed by atoms with E-state index < -0.39 is 0 Å². The zero-order valence-corrected chi connectivity index (χ0v) is 12.6. The molecule has 6 nitrogen and oxygen atoms in total. The molecule has 3 aromatic rings. The maximum Gasteiger partial charge on any atom is 0.168 e. The van der Waals surface area contributed by atoms with E-state index in [1.54, 1.807) is 36.4 Å². The number of aromatic hydroxyl groups is 2. The Hall–Kier alpha value is -3.02. The molecule has 0 bridgehead atoms. The van der Waals surface area contributed by atoms with Crippen LogP contribution in [0.1, 0.15) is 18.7 Å². The molecule has 2 aromatic carbocycles. The average molecular weight is 308 g/mol. The Balaban J connectivity index is 1.98. The van der Waals surface area contributed by atoms with Gasteiger partial charge >= 0.3 is 0 Å². The second kappa shape index (κ2) is 5.01. The monoisotopic (exact) mass is 308 g/mol. The van der Waals surface area contributed by atoms with Gasteiger partial charge in [-0.1, -0.05) is 6.92 Å². The maximum atomic E-state index is 9.89. The number of aromatic nitrogens is 3. The summed E-state index contributed by atoms with van der Waals surface area (Å²) in [6.07, 6.45) is 0. The van der Waals surface area contributed by atoms with Crippen molar-refractivity contribution in [1.82, 2.24) is 14.8 Å². The zero-order valence-electron chi connectivity index (χ0n) is 12.6. The van der Waals surface area contributed by atoms with E-state index in [2.05, 4.69) is 22.4 Å². The van der Waals surface area contributed by atoms with E-state index in [0.29, 0.717) is 5.82 Å². The van der Waals surface area contributed by atoms with Crippen LogP contribution in [0.25, 0.3) is 17.1 Å². The van der Waals surface area contributed by atoms with Crippen molar-refractivity contribution in [3.63, 3.8) is 0 Å². The topological polar surface area (TPSA) is 83.2 Å². The Labute approximate surface area is 133 Å². The number of phenolic OH excluding ortho intramolecular Hbond substituents is 2. The number of phenols is 2. The molecule has 3 N–H and O–H groups in total. The molecule has 0 saturated carbocycles. The third kappa shape index (κ3) is 2.19. The van der Waals surface area contributed by atoms with Gasteiger partial charge in [0.15, 0.2) is 5.82 Å². The van der Waals surface area contributed by atoms with Gasteiger partial charge in [-0.3, -0.25) is 4.57 Å². The van der Waals surface area contributed by atoms with Gasteiger partial charge in [-0.25, -0.2) is 0 Å². The molecule has 0 radical (unpaired) electrons. The van der Waals surface area contributed by atoms with Crippen molar-refractivity contribution in [2.75, 3.05) is 11.9 Å². The predicted molar refractivity (Wildman–Crippen MR) is 87.0 cm³/mol. The highest BCUT2D eigenvalue weighted by Gasteiger charge is 2.25. The lowest BCUT2D eigenvalue weighted by Gasteiger charge is -2.12. The minimum Gasteiger partial charge on any atom is -0.508 e. The van der Waals surface area contributed by atoms with Gasteiger partial charge in [0.1, 0.15) is 17.3 Å². The average Bonchev–Trinajstić information content (AvgIpc) is 2.93. The summed E-state index contributed by atoms with van der Waals surface area (Å²) in [5, 5.41) is 31.5. The van der Waals surface area contributed by atoms with E-state index in [9.17, 15) is 10.2 Å². The molecule has 0 amide bonds. The van der Waals surface area contributed by atoms with Crippen molar-refractivity contribution < 1.29 is 10.2 Å². The second-order valence-corrected chi connectivity index (χ2v) is 5.75. The number of rotatable bonds is 1. The van der Waals surface area contributed by atoms with Crippen LogP contribution in [0.5, 0.6) is 11.5 Å². The molecule has 2 heterocycles. The van der Waals surface area contributed by atoms with Crippen LogP contribution in [0, 0.1) is 0 Å². The first-order valence-electron chi connectivity index (χ1n) is 7.45. The van der Waals surface area contributed by atoms with Gasteiger partial charge in [0.05, 0.1) is 11.4 Å². The molecule has 1 aliphatic rings. The SMILES string of the molecule is CC1CNc2ccc(O)cc2-n2c(-c3ccc(O)cc3)nnc21. The van der Waals surface area contributed by atoms with Crippen molar-refractivity contribution in [2.45, 2.75) is 12.8 Å². The maximum absolute atomic E-state index is 9.89. The highest BCUT2D eigenvalue weighted by Crippen LogP contribution is 2.35. The summed E-state index contributed by atoms with van der Waals surface area (Å²) in [6, 6.07) is 12.1. The standard InChI is InChI=1S/C17H16N4O2/c1-10-9-18-14-7-6-13(23)8-15(14)21-16(10)19-20-17(21)11-2-4-12(22)5-3-11/h2-8,10,18,22-23H,9H2,1H3. The summed E-state index contributed by atoms with van der Waals surface area (Å²) >= 11 is 0. The van der Waals surface area contributed by atoms with Gasteiger partial charge in [-0.05, 0) is 36.4 Å². The van der Waals surface area contributed by atoms with Crippen LogP contribution in [-0.2, 0) is 0 Å². The highest BCUT2D eigenvalue weighted by atomic mass is 16.3. The number of hydrogen-bond acceptors (Lipinski definition) is 5. The van der Waals surface area contributed by atoms with Crippen molar-refractivity contribution >= 4 is 5.69 Å².